The molecule has 0 radical (unpaired) electrons. The lowest BCUT2D eigenvalue weighted by atomic mass is 10.1. The zero-order valence-electron chi connectivity index (χ0n) is 5.63. The van der Waals surface area contributed by atoms with Crippen molar-refractivity contribution in [3.8, 4) is 0 Å². The van der Waals surface area contributed by atoms with Gasteiger partial charge in [-0.3, -0.25) is 0 Å². The fourth-order valence-corrected chi connectivity index (χ4v) is 3.73. The summed E-state index contributed by atoms with van der Waals surface area (Å²) in [6.07, 6.45) is 0. The van der Waals surface area contributed by atoms with E-state index in [2.05, 4.69) is 68.6 Å². The van der Waals surface area contributed by atoms with Crippen LogP contribution in [-0.4, -0.2) is 7.56 Å². The van der Waals surface area contributed by atoms with Gasteiger partial charge in [-0.05, 0) is 6.92 Å². The molecule has 1 fully saturated rings. The van der Waals surface area contributed by atoms with E-state index in [1.54, 1.807) is 0 Å². The second-order valence-electron chi connectivity index (χ2n) is 3.20. The molecule has 1 saturated carbocycles. The van der Waals surface area contributed by atoms with Gasteiger partial charge in [-0.15, -0.1) is 0 Å². The fourth-order valence-electron chi connectivity index (χ4n) is 0.922. The van der Waals surface area contributed by atoms with Gasteiger partial charge in [0.25, 0.3) is 0 Å². The Hall–Kier alpha value is 1.44. The predicted molar refractivity (Wildman–Crippen MR) is 51.7 cm³/mol. The highest BCUT2D eigenvalue weighted by atomic mass is 79.9. The van der Waals surface area contributed by atoms with Crippen LogP contribution < -0.4 is 0 Å². The maximum atomic E-state index is 3.64. The summed E-state index contributed by atoms with van der Waals surface area (Å²) < 4.78 is 0.271. The second kappa shape index (κ2) is 1.78. The molecule has 0 aromatic carbocycles. The molecule has 1 atom stereocenters. The van der Waals surface area contributed by atoms with Crippen LogP contribution in [0, 0.1) is 5.41 Å². The van der Waals surface area contributed by atoms with Crippen molar-refractivity contribution in [1.82, 2.24) is 0 Å². The Labute approximate surface area is 81.2 Å². The molecule has 1 aliphatic rings. The maximum absolute atomic E-state index is 3.64. The van der Waals surface area contributed by atoms with Gasteiger partial charge in [0.05, 0.1) is 4.32 Å². The van der Waals surface area contributed by atoms with Crippen molar-refractivity contribution in [3.05, 3.63) is 0 Å². The summed E-state index contributed by atoms with van der Waals surface area (Å²) >= 11 is 10.8. The summed E-state index contributed by atoms with van der Waals surface area (Å²) in [4.78, 5) is 0. The molecule has 0 saturated heterocycles. The van der Waals surface area contributed by atoms with Gasteiger partial charge in [0.15, 0.2) is 0 Å². The standard InChI is InChI=1S/C6H9Br3/c1-4(2)5(3,7)6(4,8)9/h1-3H3. The van der Waals surface area contributed by atoms with Gasteiger partial charge in [0.1, 0.15) is 3.23 Å². The summed E-state index contributed by atoms with van der Waals surface area (Å²) in [5, 5.41) is 0. The normalized spacial score (nSPS) is 44.7. The number of alkyl halides is 3. The molecule has 0 bridgehead atoms. The Morgan fingerprint density at radius 3 is 1.00 bits per heavy atom. The Kier molecular flexibility index (Phi) is 1.69. The van der Waals surface area contributed by atoms with Gasteiger partial charge in [0, 0.05) is 5.41 Å². The Morgan fingerprint density at radius 2 is 1.00 bits per heavy atom. The molecule has 9 heavy (non-hydrogen) atoms. The Morgan fingerprint density at radius 1 is 0.889 bits per heavy atom. The van der Waals surface area contributed by atoms with Crippen LogP contribution in [0.5, 0.6) is 0 Å². The van der Waals surface area contributed by atoms with Gasteiger partial charge in [-0.1, -0.05) is 61.6 Å². The Bertz CT molecular complexity index is 106. The topological polar surface area (TPSA) is 0 Å². The van der Waals surface area contributed by atoms with E-state index >= 15 is 0 Å². The van der Waals surface area contributed by atoms with Crippen LogP contribution in [0.4, 0.5) is 0 Å². The molecule has 0 aromatic rings. The van der Waals surface area contributed by atoms with E-state index in [1.165, 1.54) is 0 Å². The van der Waals surface area contributed by atoms with Crippen molar-refractivity contribution in [3.63, 3.8) is 0 Å². The van der Waals surface area contributed by atoms with Crippen LogP contribution in [-0.2, 0) is 0 Å². The van der Waals surface area contributed by atoms with Crippen molar-refractivity contribution in [2.45, 2.75) is 28.3 Å². The number of hydrogen-bond acceptors (Lipinski definition) is 0. The smallest absolute Gasteiger partial charge is 0.0825 e. The first kappa shape index (κ1) is 8.54. The molecule has 0 N–H and O–H groups in total. The van der Waals surface area contributed by atoms with Crippen LogP contribution in [0.2, 0.25) is 0 Å². The SMILES string of the molecule is CC1(C)C(C)(Br)C1(Br)Br. The summed E-state index contributed by atoms with van der Waals surface area (Å²) in [5.41, 5.74) is 0.292. The van der Waals surface area contributed by atoms with E-state index in [1.807, 2.05) is 0 Å². The minimum atomic E-state index is 0.0833. The Balaban J connectivity index is 2.91. The van der Waals surface area contributed by atoms with E-state index in [0.29, 0.717) is 5.41 Å². The molecular weight excluding hydrogens is 312 g/mol. The quantitative estimate of drug-likeness (QED) is 0.597. The van der Waals surface area contributed by atoms with Crippen LogP contribution in [0.15, 0.2) is 0 Å². The third-order valence-electron chi connectivity index (χ3n) is 2.49. The summed E-state index contributed by atoms with van der Waals surface area (Å²) in [5.74, 6) is 0. The summed E-state index contributed by atoms with van der Waals surface area (Å²) in [7, 11) is 0. The van der Waals surface area contributed by atoms with Crippen molar-refractivity contribution >= 4 is 47.8 Å². The summed E-state index contributed by atoms with van der Waals surface area (Å²) in [6.45, 7) is 6.60. The fraction of sp³-hybridized carbons (Fsp3) is 1.00. The molecule has 1 rings (SSSR count). The highest BCUT2D eigenvalue weighted by Gasteiger charge is 2.77. The van der Waals surface area contributed by atoms with E-state index in [9.17, 15) is 0 Å². The molecule has 0 aromatic heterocycles. The average Bonchev–Trinajstić information content (AvgIpc) is 1.84. The van der Waals surface area contributed by atoms with Gasteiger partial charge in [-0.2, -0.15) is 0 Å². The van der Waals surface area contributed by atoms with Crippen LogP contribution >= 0.6 is 47.8 Å². The molecule has 54 valence electrons. The van der Waals surface area contributed by atoms with Crippen molar-refractivity contribution in [2.75, 3.05) is 0 Å². The largest absolute Gasteiger partial charge is 0.102 e. The van der Waals surface area contributed by atoms with Gasteiger partial charge < -0.3 is 0 Å². The summed E-state index contributed by atoms with van der Waals surface area (Å²) in [6, 6.07) is 0. The predicted octanol–water partition coefficient (Wildman–Crippen LogP) is 3.67. The lowest BCUT2D eigenvalue weighted by molar-refractivity contribution is 0.612. The lowest BCUT2D eigenvalue weighted by Gasteiger charge is -2.00. The minimum absolute atomic E-state index is 0.0833. The zero-order valence-corrected chi connectivity index (χ0v) is 10.4. The first-order chi connectivity index (χ1) is 3.75. The van der Waals surface area contributed by atoms with E-state index in [-0.39, 0.29) is 7.56 Å². The zero-order chi connectivity index (χ0) is 7.50. The first-order valence-electron chi connectivity index (χ1n) is 2.82. The second-order valence-corrected chi connectivity index (χ2v) is 8.23. The monoisotopic (exact) mass is 318 g/mol. The molecule has 0 aliphatic heterocycles. The highest BCUT2D eigenvalue weighted by molar-refractivity contribution is 9.26. The maximum Gasteiger partial charge on any atom is 0.102 e. The van der Waals surface area contributed by atoms with Crippen molar-refractivity contribution in [2.24, 2.45) is 5.41 Å². The first-order valence-corrected chi connectivity index (χ1v) is 5.20. The van der Waals surface area contributed by atoms with Crippen LogP contribution in [0.3, 0.4) is 0 Å². The highest BCUT2D eigenvalue weighted by Crippen LogP contribution is 2.77. The number of rotatable bonds is 0. The van der Waals surface area contributed by atoms with Crippen LogP contribution in [0.1, 0.15) is 20.8 Å². The van der Waals surface area contributed by atoms with E-state index < -0.39 is 0 Å². The number of hydrogen-bond donors (Lipinski definition) is 0. The van der Waals surface area contributed by atoms with Crippen LogP contribution in [0.25, 0.3) is 0 Å². The van der Waals surface area contributed by atoms with Crippen molar-refractivity contribution in [1.29, 1.82) is 0 Å². The number of halogens is 3. The third-order valence-corrected chi connectivity index (χ3v) is 8.70. The molecule has 3 heteroatoms. The van der Waals surface area contributed by atoms with Gasteiger partial charge in [-0.25, -0.2) is 0 Å². The van der Waals surface area contributed by atoms with E-state index in [0.717, 1.165) is 0 Å². The lowest BCUT2D eigenvalue weighted by Crippen LogP contribution is -1.99. The van der Waals surface area contributed by atoms with Gasteiger partial charge in [0.2, 0.25) is 0 Å². The molecular formula is C6H9Br3. The molecule has 0 spiro atoms. The average molecular weight is 321 g/mol. The molecule has 0 nitrogen and oxygen atoms in total. The van der Waals surface area contributed by atoms with Gasteiger partial charge >= 0.3 is 0 Å². The molecule has 1 unspecified atom stereocenters. The van der Waals surface area contributed by atoms with Crippen molar-refractivity contribution < 1.29 is 0 Å². The molecule has 0 amide bonds. The third kappa shape index (κ3) is 0.747. The van der Waals surface area contributed by atoms with E-state index in [4.69, 9.17) is 0 Å². The molecule has 0 heterocycles. The molecule has 1 aliphatic carbocycles. The minimum Gasteiger partial charge on any atom is -0.0825 e.